The van der Waals surface area contributed by atoms with Crippen molar-refractivity contribution in [3.63, 3.8) is 0 Å². The molecule has 174 valence electrons. The van der Waals surface area contributed by atoms with Crippen LogP contribution in [-0.2, 0) is 6.54 Å². The Balaban J connectivity index is 1.71. The number of aryl methyl sites for hydroxylation is 1. The zero-order chi connectivity index (χ0) is 24.5. The first-order valence-electron chi connectivity index (χ1n) is 13.0. The van der Waals surface area contributed by atoms with Crippen molar-refractivity contribution in [2.75, 3.05) is 0 Å². The van der Waals surface area contributed by atoms with E-state index in [1.54, 1.807) is 0 Å². The van der Waals surface area contributed by atoms with Crippen LogP contribution in [0.5, 0.6) is 0 Å². The maximum absolute atomic E-state index is 5.18. The van der Waals surface area contributed by atoms with E-state index in [1.807, 2.05) is 0 Å². The van der Waals surface area contributed by atoms with E-state index in [-0.39, 0.29) is 0 Å². The van der Waals surface area contributed by atoms with E-state index in [0.717, 1.165) is 17.9 Å². The highest BCUT2D eigenvalue weighted by atomic mass is 15.1. The molecule has 2 heteroatoms. The Hall–Kier alpha value is -4.69. The van der Waals surface area contributed by atoms with E-state index < -0.39 is 0 Å². The summed E-state index contributed by atoms with van der Waals surface area (Å²) in [5.41, 5.74) is 3.38. The lowest BCUT2D eigenvalue weighted by molar-refractivity contribution is 0.797. The third kappa shape index (κ3) is 2.78. The van der Waals surface area contributed by atoms with Crippen LogP contribution in [0.1, 0.15) is 6.92 Å². The highest BCUT2D eigenvalue weighted by Gasteiger charge is 2.18. The summed E-state index contributed by atoms with van der Waals surface area (Å²) in [4.78, 5) is 5.18. The van der Waals surface area contributed by atoms with Gasteiger partial charge in [0.05, 0.1) is 11.0 Å². The smallest absolute Gasteiger partial charge is 0.141 e. The Labute approximate surface area is 214 Å². The van der Waals surface area contributed by atoms with E-state index in [0.29, 0.717) is 0 Å². The predicted molar refractivity (Wildman–Crippen MR) is 158 cm³/mol. The molecule has 0 atom stereocenters. The third-order valence-corrected chi connectivity index (χ3v) is 7.94. The molecule has 0 aliphatic heterocycles. The molecule has 0 N–H and O–H groups in total. The number of rotatable bonds is 2. The van der Waals surface area contributed by atoms with E-state index in [9.17, 15) is 0 Å². The van der Waals surface area contributed by atoms with E-state index in [2.05, 4.69) is 127 Å². The second-order valence-corrected chi connectivity index (χ2v) is 9.82. The summed E-state index contributed by atoms with van der Waals surface area (Å²) in [7, 11) is 0. The number of hydrogen-bond donors (Lipinski definition) is 0. The number of hydrogen-bond acceptors (Lipinski definition) is 1. The normalized spacial score (nSPS) is 12.0. The molecule has 8 rings (SSSR count). The first-order chi connectivity index (χ1) is 18.3. The molecule has 0 fully saturated rings. The monoisotopic (exact) mass is 472 g/mol. The summed E-state index contributed by atoms with van der Waals surface area (Å²) in [5.74, 6) is 1.02. The van der Waals surface area contributed by atoms with Crippen molar-refractivity contribution in [2.24, 2.45) is 0 Å². The van der Waals surface area contributed by atoms with Gasteiger partial charge in [0.15, 0.2) is 0 Å². The van der Waals surface area contributed by atoms with Crippen LogP contribution >= 0.6 is 0 Å². The van der Waals surface area contributed by atoms with Crippen LogP contribution in [0.4, 0.5) is 0 Å². The van der Waals surface area contributed by atoms with Gasteiger partial charge in [-0.25, -0.2) is 4.98 Å². The molecule has 0 aliphatic rings. The van der Waals surface area contributed by atoms with E-state index in [1.165, 1.54) is 64.9 Å². The largest absolute Gasteiger partial charge is 0.324 e. The number of fused-ring (bicyclic) bond motifs is 6. The minimum atomic E-state index is 0.860. The Morgan fingerprint density at radius 1 is 0.514 bits per heavy atom. The summed E-state index contributed by atoms with van der Waals surface area (Å²) in [5, 5.41) is 12.8. The van der Waals surface area contributed by atoms with Gasteiger partial charge in [0.2, 0.25) is 0 Å². The van der Waals surface area contributed by atoms with Gasteiger partial charge in [-0.05, 0) is 67.5 Å². The molecule has 1 aromatic heterocycles. The Morgan fingerprint density at radius 2 is 1.05 bits per heavy atom. The van der Waals surface area contributed by atoms with Crippen LogP contribution in [0.25, 0.3) is 76.3 Å². The van der Waals surface area contributed by atoms with Gasteiger partial charge in [-0.2, -0.15) is 0 Å². The standard InChI is InChI=1S/C35H24N2/c1-2-37-31-19-6-5-18-30(31)36-35(37)29-17-9-16-28-27-15-8-11-23-21-20-22-10-7-14-25(32(22)33(23)27)24-12-3-4-13-26(24)34(28)29/h3-21H,2H2,1H3. The van der Waals surface area contributed by atoms with Crippen molar-refractivity contribution in [1.82, 2.24) is 9.55 Å². The van der Waals surface area contributed by atoms with Crippen molar-refractivity contribution < 1.29 is 0 Å². The molecule has 0 radical (unpaired) electrons. The lowest BCUT2D eigenvalue weighted by Crippen LogP contribution is -1.98. The Kier molecular flexibility index (Phi) is 4.24. The number of para-hydroxylation sites is 2. The summed E-state index contributed by atoms with van der Waals surface area (Å²) in [6.07, 6.45) is 0. The van der Waals surface area contributed by atoms with Gasteiger partial charge in [-0.15, -0.1) is 0 Å². The first-order valence-corrected chi connectivity index (χ1v) is 13.0. The average Bonchev–Trinajstić information content (AvgIpc) is 3.34. The van der Waals surface area contributed by atoms with Crippen LogP contribution in [0.15, 0.2) is 115 Å². The molecule has 0 bridgehead atoms. The summed E-state index contributed by atoms with van der Waals surface area (Å²) in [6.45, 7) is 3.06. The molecule has 0 spiro atoms. The van der Waals surface area contributed by atoms with Gasteiger partial charge >= 0.3 is 0 Å². The van der Waals surface area contributed by atoms with Gasteiger partial charge in [0.1, 0.15) is 5.82 Å². The van der Waals surface area contributed by atoms with Crippen LogP contribution in [-0.4, -0.2) is 9.55 Å². The lowest BCUT2D eigenvalue weighted by atomic mass is 9.89. The fourth-order valence-corrected chi connectivity index (χ4v) is 6.40. The molecular formula is C35H24N2. The van der Waals surface area contributed by atoms with Gasteiger partial charge in [-0.1, -0.05) is 103 Å². The van der Waals surface area contributed by atoms with E-state index >= 15 is 0 Å². The van der Waals surface area contributed by atoms with Crippen LogP contribution in [0, 0.1) is 0 Å². The minimum absolute atomic E-state index is 0.860. The Morgan fingerprint density at radius 3 is 1.78 bits per heavy atom. The molecule has 0 amide bonds. The second-order valence-electron chi connectivity index (χ2n) is 9.82. The maximum atomic E-state index is 5.18. The topological polar surface area (TPSA) is 17.8 Å². The average molecular weight is 473 g/mol. The number of benzene rings is 6. The molecule has 8 aromatic rings. The van der Waals surface area contributed by atoms with Crippen molar-refractivity contribution in [1.29, 1.82) is 0 Å². The van der Waals surface area contributed by atoms with Crippen LogP contribution < -0.4 is 0 Å². The third-order valence-electron chi connectivity index (χ3n) is 7.94. The number of nitrogens with zero attached hydrogens (tertiary/aromatic N) is 2. The molecule has 7 aromatic carbocycles. The zero-order valence-corrected chi connectivity index (χ0v) is 20.6. The molecular weight excluding hydrogens is 448 g/mol. The van der Waals surface area contributed by atoms with Crippen molar-refractivity contribution >= 4 is 64.9 Å². The molecule has 0 saturated carbocycles. The van der Waals surface area contributed by atoms with E-state index in [4.69, 9.17) is 4.98 Å². The Bertz CT molecular complexity index is 2180. The summed E-state index contributed by atoms with van der Waals surface area (Å²) in [6, 6.07) is 42.0. The quantitative estimate of drug-likeness (QED) is 0.229. The maximum Gasteiger partial charge on any atom is 0.141 e. The van der Waals surface area contributed by atoms with Crippen LogP contribution in [0.2, 0.25) is 0 Å². The highest BCUT2D eigenvalue weighted by Crippen LogP contribution is 2.42. The SMILES string of the molecule is CCn1c(-c2cccc3c4cccc5ccc6cccc(c7ccccc7c23)c6c54)nc2ccccc21. The van der Waals surface area contributed by atoms with Gasteiger partial charge in [0, 0.05) is 17.5 Å². The lowest BCUT2D eigenvalue weighted by Gasteiger charge is -2.16. The molecule has 0 saturated heterocycles. The first kappa shape index (κ1) is 20.5. The fraction of sp³-hybridized carbons (Fsp3) is 0.0571. The van der Waals surface area contributed by atoms with Crippen molar-refractivity contribution in [3.8, 4) is 11.4 Å². The molecule has 37 heavy (non-hydrogen) atoms. The second kappa shape index (κ2) is 7.65. The van der Waals surface area contributed by atoms with Crippen molar-refractivity contribution in [3.05, 3.63) is 115 Å². The highest BCUT2D eigenvalue weighted by molar-refractivity contribution is 6.33. The summed E-state index contributed by atoms with van der Waals surface area (Å²) < 4.78 is 2.35. The fourth-order valence-electron chi connectivity index (χ4n) is 6.40. The summed E-state index contributed by atoms with van der Waals surface area (Å²) >= 11 is 0. The minimum Gasteiger partial charge on any atom is -0.324 e. The molecule has 0 aliphatic carbocycles. The van der Waals surface area contributed by atoms with Gasteiger partial charge < -0.3 is 4.57 Å². The zero-order valence-electron chi connectivity index (χ0n) is 20.6. The van der Waals surface area contributed by atoms with Crippen molar-refractivity contribution in [2.45, 2.75) is 13.5 Å². The number of imidazole rings is 1. The molecule has 0 unspecified atom stereocenters. The number of aromatic nitrogens is 2. The molecule has 1 heterocycles. The van der Waals surface area contributed by atoms with Gasteiger partial charge in [-0.3, -0.25) is 0 Å². The van der Waals surface area contributed by atoms with Gasteiger partial charge in [0.25, 0.3) is 0 Å². The van der Waals surface area contributed by atoms with Crippen LogP contribution in [0.3, 0.4) is 0 Å². The predicted octanol–water partition coefficient (Wildman–Crippen LogP) is 9.49. The molecule has 2 nitrogen and oxygen atoms in total.